The highest BCUT2D eigenvalue weighted by Crippen LogP contribution is 2.16. The molecule has 0 aromatic heterocycles. The van der Waals surface area contributed by atoms with Crippen molar-refractivity contribution in [2.24, 2.45) is 0 Å². The van der Waals surface area contributed by atoms with Crippen molar-refractivity contribution in [2.45, 2.75) is 23.5 Å². The lowest BCUT2D eigenvalue weighted by Crippen LogP contribution is -2.52. The number of piperidine rings is 1. The second kappa shape index (κ2) is 5.54. The molecule has 0 bridgehead atoms. The predicted octanol–water partition coefficient (Wildman–Crippen LogP) is 0.341. The summed E-state index contributed by atoms with van der Waals surface area (Å²) < 4.78 is 26.7. The quantitative estimate of drug-likeness (QED) is 0.750. The van der Waals surface area contributed by atoms with Gasteiger partial charge in [0.25, 0.3) is 0 Å². The van der Waals surface area contributed by atoms with Gasteiger partial charge in [-0.25, -0.2) is 13.1 Å². The largest absolute Gasteiger partial charge is 0.390 e. The third kappa shape index (κ3) is 3.21. The molecule has 0 amide bonds. The number of halogens is 1. The van der Waals surface area contributed by atoms with Crippen molar-refractivity contribution in [1.29, 1.82) is 0 Å². The van der Waals surface area contributed by atoms with E-state index in [0.29, 0.717) is 24.5 Å². The molecule has 1 aromatic rings. The van der Waals surface area contributed by atoms with Gasteiger partial charge in [-0.3, -0.25) is 0 Å². The molecule has 0 radical (unpaired) electrons. The smallest absolute Gasteiger partial charge is 0.240 e. The van der Waals surface area contributed by atoms with E-state index < -0.39 is 22.2 Å². The molecule has 5 nitrogen and oxygen atoms in total. The molecule has 100 valence electrons. The van der Waals surface area contributed by atoms with Crippen LogP contribution in [-0.4, -0.2) is 38.8 Å². The summed E-state index contributed by atoms with van der Waals surface area (Å²) in [4.78, 5) is 0.112. The van der Waals surface area contributed by atoms with E-state index in [2.05, 4.69) is 10.0 Å². The summed E-state index contributed by atoms with van der Waals surface area (Å²) in [6.07, 6.45) is -0.159. The second-order valence-corrected chi connectivity index (χ2v) is 6.40. The van der Waals surface area contributed by atoms with Crippen molar-refractivity contribution in [3.05, 3.63) is 29.3 Å². The minimum atomic E-state index is -3.64. The lowest BCUT2D eigenvalue weighted by Gasteiger charge is -2.28. The first-order valence-electron chi connectivity index (χ1n) is 5.66. The molecule has 1 fully saturated rings. The maximum absolute atomic E-state index is 12.1. The van der Waals surface area contributed by atoms with Gasteiger partial charge in [-0.15, -0.1) is 0 Å². The average Bonchev–Trinajstić information content (AvgIpc) is 2.32. The lowest BCUT2D eigenvalue weighted by molar-refractivity contribution is 0.113. The van der Waals surface area contributed by atoms with Crippen LogP contribution in [0.4, 0.5) is 0 Å². The number of β-amino-alcohol motifs (C(OH)–C–C–N with tert-alkyl or cyclic N) is 1. The molecule has 3 N–H and O–H groups in total. The van der Waals surface area contributed by atoms with Gasteiger partial charge in [0.1, 0.15) is 0 Å². The fourth-order valence-corrected chi connectivity index (χ4v) is 3.49. The van der Waals surface area contributed by atoms with Gasteiger partial charge >= 0.3 is 0 Å². The molecule has 1 saturated heterocycles. The van der Waals surface area contributed by atoms with E-state index in [4.69, 9.17) is 11.6 Å². The zero-order valence-electron chi connectivity index (χ0n) is 9.64. The van der Waals surface area contributed by atoms with Gasteiger partial charge in [0.15, 0.2) is 0 Å². The highest BCUT2D eigenvalue weighted by atomic mass is 35.5. The van der Waals surface area contributed by atoms with Crippen molar-refractivity contribution in [1.82, 2.24) is 10.0 Å². The van der Waals surface area contributed by atoms with Gasteiger partial charge in [0.05, 0.1) is 17.0 Å². The zero-order valence-corrected chi connectivity index (χ0v) is 11.2. The van der Waals surface area contributed by atoms with Gasteiger partial charge in [0, 0.05) is 11.6 Å². The summed E-state index contributed by atoms with van der Waals surface area (Å²) in [6, 6.07) is 5.59. The summed E-state index contributed by atoms with van der Waals surface area (Å²) in [6.45, 7) is 1.07. The Labute approximate surface area is 111 Å². The molecule has 1 aromatic carbocycles. The van der Waals surface area contributed by atoms with Gasteiger partial charge in [0.2, 0.25) is 10.0 Å². The van der Waals surface area contributed by atoms with Crippen LogP contribution >= 0.6 is 11.6 Å². The molecular formula is C11H15ClN2O3S. The van der Waals surface area contributed by atoms with Crippen LogP contribution in [0, 0.1) is 0 Å². The first-order chi connectivity index (χ1) is 8.49. The van der Waals surface area contributed by atoms with Crippen molar-refractivity contribution >= 4 is 21.6 Å². The number of aliphatic hydroxyl groups is 1. The summed E-state index contributed by atoms with van der Waals surface area (Å²) in [5.41, 5.74) is 0. The number of benzene rings is 1. The highest BCUT2D eigenvalue weighted by Gasteiger charge is 2.27. The molecule has 0 aliphatic carbocycles. The SMILES string of the molecule is O=S(=O)(N[C@@H]1CCNC[C@H]1O)c1cccc(Cl)c1. The Hall–Kier alpha value is -0.660. The van der Waals surface area contributed by atoms with Gasteiger partial charge in [-0.2, -0.15) is 0 Å². The Balaban J connectivity index is 2.16. The van der Waals surface area contributed by atoms with Crippen molar-refractivity contribution in [2.75, 3.05) is 13.1 Å². The van der Waals surface area contributed by atoms with Crippen LogP contribution in [0.15, 0.2) is 29.2 Å². The molecule has 2 rings (SSSR count). The standard InChI is InChI=1S/C11H15ClN2O3S/c12-8-2-1-3-9(6-8)18(16,17)14-10-4-5-13-7-11(10)15/h1-3,6,10-11,13-15H,4-5,7H2/t10-,11-/m1/s1. The predicted molar refractivity (Wildman–Crippen MR) is 69.1 cm³/mol. The van der Waals surface area contributed by atoms with Crippen LogP contribution in [-0.2, 0) is 10.0 Å². The minimum absolute atomic E-state index is 0.112. The maximum atomic E-state index is 12.1. The number of nitrogens with one attached hydrogen (secondary N) is 2. The normalized spacial score (nSPS) is 25.0. The minimum Gasteiger partial charge on any atom is -0.390 e. The molecule has 1 aliphatic heterocycles. The fraction of sp³-hybridized carbons (Fsp3) is 0.455. The molecular weight excluding hydrogens is 276 g/mol. The Morgan fingerprint density at radius 3 is 2.89 bits per heavy atom. The van der Waals surface area contributed by atoms with Crippen molar-refractivity contribution in [3.63, 3.8) is 0 Å². The van der Waals surface area contributed by atoms with E-state index >= 15 is 0 Å². The van der Waals surface area contributed by atoms with Crippen molar-refractivity contribution < 1.29 is 13.5 Å². The van der Waals surface area contributed by atoms with E-state index in [1.807, 2.05) is 0 Å². The van der Waals surface area contributed by atoms with Crippen molar-refractivity contribution in [3.8, 4) is 0 Å². The van der Waals surface area contributed by atoms with E-state index in [1.54, 1.807) is 12.1 Å². The lowest BCUT2D eigenvalue weighted by atomic mass is 10.1. The monoisotopic (exact) mass is 290 g/mol. The van der Waals surface area contributed by atoms with E-state index in [-0.39, 0.29) is 4.90 Å². The summed E-state index contributed by atoms with van der Waals surface area (Å²) in [5.74, 6) is 0. The molecule has 18 heavy (non-hydrogen) atoms. The van der Waals surface area contributed by atoms with Crippen LogP contribution in [0.5, 0.6) is 0 Å². The first kappa shape index (κ1) is 13.8. The number of hydrogen-bond acceptors (Lipinski definition) is 4. The summed E-state index contributed by atoms with van der Waals surface area (Å²) >= 11 is 5.77. The Bertz CT molecular complexity index is 521. The third-order valence-electron chi connectivity index (χ3n) is 2.86. The van der Waals surface area contributed by atoms with Crippen LogP contribution in [0.25, 0.3) is 0 Å². The molecule has 2 atom stereocenters. The number of hydrogen-bond donors (Lipinski definition) is 3. The van der Waals surface area contributed by atoms with Gasteiger partial charge < -0.3 is 10.4 Å². The number of aliphatic hydroxyl groups excluding tert-OH is 1. The second-order valence-electron chi connectivity index (χ2n) is 4.25. The summed E-state index contributed by atoms with van der Waals surface area (Å²) in [5, 5.41) is 13.1. The van der Waals surface area contributed by atoms with E-state index in [0.717, 1.165) is 0 Å². The van der Waals surface area contributed by atoms with Crippen LogP contribution in [0.3, 0.4) is 0 Å². The van der Waals surface area contributed by atoms with Crippen LogP contribution in [0.2, 0.25) is 5.02 Å². The topological polar surface area (TPSA) is 78.4 Å². The zero-order chi connectivity index (χ0) is 13.2. The molecule has 0 saturated carbocycles. The maximum Gasteiger partial charge on any atom is 0.240 e. The molecule has 7 heteroatoms. The Kier molecular flexibility index (Phi) is 4.24. The Morgan fingerprint density at radius 1 is 1.44 bits per heavy atom. The van der Waals surface area contributed by atoms with Crippen LogP contribution < -0.4 is 10.0 Å². The molecule has 0 unspecified atom stereocenters. The Morgan fingerprint density at radius 2 is 2.22 bits per heavy atom. The van der Waals surface area contributed by atoms with Gasteiger partial charge in [-0.05, 0) is 31.2 Å². The average molecular weight is 291 g/mol. The van der Waals surface area contributed by atoms with Gasteiger partial charge in [-0.1, -0.05) is 17.7 Å². The fourth-order valence-electron chi connectivity index (χ4n) is 1.88. The summed E-state index contributed by atoms with van der Waals surface area (Å²) in [7, 11) is -3.64. The molecule has 0 spiro atoms. The van der Waals surface area contributed by atoms with Crippen LogP contribution in [0.1, 0.15) is 6.42 Å². The van der Waals surface area contributed by atoms with E-state index in [1.165, 1.54) is 12.1 Å². The third-order valence-corrected chi connectivity index (χ3v) is 4.59. The first-order valence-corrected chi connectivity index (χ1v) is 7.52. The number of rotatable bonds is 3. The number of sulfonamides is 1. The molecule has 1 aliphatic rings. The molecule has 1 heterocycles. The van der Waals surface area contributed by atoms with E-state index in [9.17, 15) is 13.5 Å². The highest BCUT2D eigenvalue weighted by molar-refractivity contribution is 7.89.